The highest BCUT2D eigenvalue weighted by Gasteiger charge is 2.09. The van der Waals surface area contributed by atoms with E-state index in [0.29, 0.717) is 5.82 Å². The highest BCUT2D eigenvalue weighted by molar-refractivity contribution is 6.28. The molecule has 3 rings (SSSR count). The summed E-state index contributed by atoms with van der Waals surface area (Å²) in [5.74, 6) is 0.708. The predicted octanol–water partition coefficient (Wildman–Crippen LogP) is 4.09. The number of nitrogens with zero attached hydrogens (tertiary/aromatic N) is 3. The van der Waals surface area contributed by atoms with Gasteiger partial charge in [0, 0.05) is 19.5 Å². The van der Waals surface area contributed by atoms with Crippen molar-refractivity contribution in [3.8, 4) is 0 Å². The Morgan fingerprint density at radius 1 is 0.952 bits per heavy atom. The molecular formula is C16H15ClN4. The van der Waals surface area contributed by atoms with Crippen LogP contribution in [-0.2, 0) is 0 Å². The first kappa shape index (κ1) is 13.6. The van der Waals surface area contributed by atoms with E-state index in [4.69, 9.17) is 11.6 Å². The van der Waals surface area contributed by atoms with Crippen LogP contribution in [0.3, 0.4) is 0 Å². The first-order valence-corrected chi connectivity index (χ1v) is 6.98. The average Bonchev–Trinajstić information content (AvgIpc) is 2.47. The maximum absolute atomic E-state index is 6.02. The number of nitrogens with one attached hydrogen (secondary N) is 1. The van der Waals surface area contributed by atoms with Crippen molar-refractivity contribution in [1.82, 2.24) is 9.97 Å². The third-order valence-electron chi connectivity index (χ3n) is 3.21. The Bertz CT molecular complexity index is 786. The lowest BCUT2D eigenvalue weighted by molar-refractivity contribution is 1.13. The van der Waals surface area contributed by atoms with E-state index in [-0.39, 0.29) is 5.28 Å². The van der Waals surface area contributed by atoms with Crippen LogP contribution in [0.15, 0.2) is 48.5 Å². The molecule has 0 radical (unpaired) electrons. The summed E-state index contributed by atoms with van der Waals surface area (Å²) in [7, 11) is 4.01. The summed E-state index contributed by atoms with van der Waals surface area (Å²) < 4.78 is 0. The van der Waals surface area contributed by atoms with E-state index in [9.17, 15) is 0 Å². The number of aromatic nitrogens is 2. The van der Waals surface area contributed by atoms with Gasteiger partial charge in [-0.2, -0.15) is 4.98 Å². The molecule has 3 aromatic rings. The number of fused-ring (bicyclic) bond motifs is 1. The van der Waals surface area contributed by atoms with Crippen molar-refractivity contribution < 1.29 is 0 Å². The molecule has 0 unspecified atom stereocenters. The van der Waals surface area contributed by atoms with Crippen LogP contribution in [0.1, 0.15) is 0 Å². The molecule has 5 heteroatoms. The summed E-state index contributed by atoms with van der Waals surface area (Å²) >= 11 is 6.02. The van der Waals surface area contributed by atoms with Gasteiger partial charge in [-0.05, 0) is 35.9 Å². The maximum Gasteiger partial charge on any atom is 0.224 e. The van der Waals surface area contributed by atoms with Gasteiger partial charge in [-0.3, -0.25) is 0 Å². The van der Waals surface area contributed by atoms with E-state index < -0.39 is 0 Å². The minimum Gasteiger partial charge on any atom is -0.376 e. The maximum atomic E-state index is 6.02. The lowest BCUT2D eigenvalue weighted by atomic mass is 10.2. The molecule has 0 amide bonds. The average molecular weight is 299 g/mol. The zero-order chi connectivity index (χ0) is 14.8. The fourth-order valence-corrected chi connectivity index (χ4v) is 2.42. The molecule has 0 fully saturated rings. The third kappa shape index (κ3) is 2.76. The quantitative estimate of drug-likeness (QED) is 0.739. The lowest BCUT2D eigenvalue weighted by Gasteiger charge is -2.18. The van der Waals surface area contributed by atoms with Crippen LogP contribution in [-0.4, -0.2) is 24.1 Å². The number of rotatable bonds is 3. The van der Waals surface area contributed by atoms with Crippen LogP contribution in [0.4, 0.5) is 17.2 Å². The van der Waals surface area contributed by atoms with Gasteiger partial charge in [0.05, 0.1) is 16.9 Å². The van der Waals surface area contributed by atoms with E-state index in [1.54, 1.807) is 0 Å². The molecule has 0 bridgehead atoms. The Balaban J connectivity index is 2.10. The van der Waals surface area contributed by atoms with Crippen molar-refractivity contribution in [3.63, 3.8) is 0 Å². The van der Waals surface area contributed by atoms with Crippen molar-refractivity contribution in [2.45, 2.75) is 0 Å². The van der Waals surface area contributed by atoms with Crippen molar-refractivity contribution in [2.24, 2.45) is 0 Å². The number of benzene rings is 2. The van der Waals surface area contributed by atoms with Gasteiger partial charge in [0.2, 0.25) is 5.28 Å². The number of para-hydroxylation sites is 3. The van der Waals surface area contributed by atoms with Crippen molar-refractivity contribution >= 4 is 39.7 Å². The fourth-order valence-electron chi connectivity index (χ4n) is 2.24. The molecule has 0 aliphatic carbocycles. The monoisotopic (exact) mass is 298 g/mol. The van der Waals surface area contributed by atoms with Crippen LogP contribution in [0.2, 0.25) is 5.28 Å². The topological polar surface area (TPSA) is 41.0 Å². The second-order valence-electron chi connectivity index (χ2n) is 4.89. The fraction of sp³-hybridized carbons (Fsp3) is 0.125. The van der Waals surface area contributed by atoms with Crippen LogP contribution in [0.5, 0.6) is 0 Å². The molecule has 21 heavy (non-hydrogen) atoms. The molecule has 0 aliphatic rings. The summed E-state index contributed by atoms with van der Waals surface area (Å²) in [4.78, 5) is 10.6. The Hall–Kier alpha value is -2.33. The molecule has 2 aromatic carbocycles. The van der Waals surface area contributed by atoms with Crippen molar-refractivity contribution in [2.75, 3.05) is 24.3 Å². The van der Waals surface area contributed by atoms with Crippen LogP contribution >= 0.6 is 11.6 Å². The molecule has 0 atom stereocenters. The van der Waals surface area contributed by atoms with E-state index >= 15 is 0 Å². The SMILES string of the molecule is CN(C)c1ccccc1Nc1nc(Cl)nc2ccccc12. The van der Waals surface area contributed by atoms with Gasteiger partial charge < -0.3 is 10.2 Å². The first-order chi connectivity index (χ1) is 10.1. The Labute approximate surface area is 128 Å². The predicted molar refractivity (Wildman–Crippen MR) is 88.6 cm³/mol. The van der Waals surface area contributed by atoms with E-state index in [0.717, 1.165) is 22.3 Å². The molecule has 0 saturated heterocycles. The van der Waals surface area contributed by atoms with Gasteiger partial charge in [-0.1, -0.05) is 24.3 Å². The normalized spacial score (nSPS) is 10.6. The summed E-state index contributed by atoms with van der Waals surface area (Å²) in [6.45, 7) is 0. The van der Waals surface area contributed by atoms with E-state index in [1.165, 1.54) is 0 Å². The lowest BCUT2D eigenvalue weighted by Crippen LogP contribution is -2.11. The number of hydrogen-bond acceptors (Lipinski definition) is 4. The van der Waals surface area contributed by atoms with Crippen LogP contribution in [0, 0.1) is 0 Å². The molecule has 1 aromatic heterocycles. The van der Waals surface area contributed by atoms with Gasteiger partial charge >= 0.3 is 0 Å². The minimum atomic E-state index is 0.235. The summed E-state index contributed by atoms with van der Waals surface area (Å²) in [6.07, 6.45) is 0. The first-order valence-electron chi connectivity index (χ1n) is 6.61. The number of halogens is 1. The zero-order valence-electron chi connectivity index (χ0n) is 11.8. The van der Waals surface area contributed by atoms with E-state index in [2.05, 4.69) is 15.3 Å². The summed E-state index contributed by atoms with van der Waals surface area (Å²) in [6, 6.07) is 15.9. The van der Waals surface area contributed by atoms with Gasteiger partial charge in [0.15, 0.2) is 0 Å². The van der Waals surface area contributed by atoms with Gasteiger partial charge in [-0.25, -0.2) is 4.98 Å². The number of hydrogen-bond donors (Lipinski definition) is 1. The van der Waals surface area contributed by atoms with Crippen LogP contribution < -0.4 is 10.2 Å². The Morgan fingerprint density at radius 3 is 2.48 bits per heavy atom. The van der Waals surface area contributed by atoms with E-state index in [1.807, 2.05) is 67.5 Å². The van der Waals surface area contributed by atoms with Gasteiger partial charge in [0.1, 0.15) is 5.82 Å². The molecule has 0 saturated carbocycles. The molecule has 0 aliphatic heterocycles. The Kier molecular flexibility index (Phi) is 3.62. The van der Waals surface area contributed by atoms with Gasteiger partial charge in [0.25, 0.3) is 0 Å². The molecule has 1 heterocycles. The molecule has 106 valence electrons. The summed E-state index contributed by atoms with van der Waals surface area (Å²) in [5.41, 5.74) is 2.88. The van der Waals surface area contributed by atoms with Crippen LogP contribution in [0.25, 0.3) is 10.9 Å². The summed E-state index contributed by atoms with van der Waals surface area (Å²) in [5, 5.41) is 4.54. The highest BCUT2D eigenvalue weighted by Crippen LogP contribution is 2.30. The second-order valence-corrected chi connectivity index (χ2v) is 5.23. The molecule has 4 nitrogen and oxygen atoms in total. The van der Waals surface area contributed by atoms with Gasteiger partial charge in [-0.15, -0.1) is 0 Å². The smallest absolute Gasteiger partial charge is 0.224 e. The zero-order valence-corrected chi connectivity index (χ0v) is 12.6. The molecular weight excluding hydrogens is 284 g/mol. The number of anilines is 3. The molecule has 1 N–H and O–H groups in total. The van der Waals surface area contributed by atoms with Crippen molar-refractivity contribution in [3.05, 3.63) is 53.8 Å². The molecule has 0 spiro atoms. The largest absolute Gasteiger partial charge is 0.376 e. The third-order valence-corrected chi connectivity index (χ3v) is 3.38. The second kappa shape index (κ2) is 5.58. The highest BCUT2D eigenvalue weighted by atomic mass is 35.5. The minimum absolute atomic E-state index is 0.235. The van der Waals surface area contributed by atoms with Crippen molar-refractivity contribution in [1.29, 1.82) is 0 Å². The Morgan fingerprint density at radius 2 is 1.67 bits per heavy atom. The standard InChI is InChI=1S/C16H15ClN4/c1-21(2)14-10-6-5-9-13(14)18-15-11-7-3-4-8-12(11)19-16(17)20-15/h3-10H,1-2H3,(H,18,19,20).